The third-order valence-electron chi connectivity index (χ3n) is 0.969. The third kappa shape index (κ3) is 1.30. The molecule has 0 aliphatic rings. The molecule has 0 unspecified atom stereocenters. The van der Waals surface area contributed by atoms with Gasteiger partial charge in [-0.15, -0.1) is 0 Å². The van der Waals surface area contributed by atoms with Gasteiger partial charge in [0.1, 0.15) is 4.88 Å². The molecular weight excluding hydrogens is 168 g/mol. The first-order chi connectivity index (χ1) is 4.75. The van der Waals surface area contributed by atoms with Gasteiger partial charge in [0.2, 0.25) is 5.12 Å². The molecule has 0 radical (unpaired) electrons. The quantitative estimate of drug-likeness (QED) is 0.695. The fraction of sp³-hybridized carbons (Fsp3) is 0.200. The van der Waals surface area contributed by atoms with Crippen LogP contribution in [0.1, 0.15) is 9.67 Å². The van der Waals surface area contributed by atoms with Gasteiger partial charge >= 0.3 is 0 Å². The minimum Gasteiger partial charge on any atom is -0.396 e. The largest absolute Gasteiger partial charge is 0.396 e. The number of anilines is 1. The SMILES string of the molecule is CSC(=O)c1sncc1N. The Morgan fingerprint density at radius 1 is 1.90 bits per heavy atom. The molecule has 10 heavy (non-hydrogen) atoms. The molecule has 0 saturated heterocycles. The first kappa shape index (κ1) is 7.56. The number of nitrogens with zero attached hydrogens (tertiary/aromatic N) is 1. The second kappa shape index (κ2) is 3.03. The van der Waals surface area contributed by atoms with Crippen LogP contribution in [-0.4, -0.2) is 15.7 Å². The summed E-state index contributed by atoms with van der Waals surface area (Å²) >= 11 is 2.29. The van der Waals surface area contributed by atoms with Crippen LogP contribution in [0.4, 0.5) is 5.69 Å². The third-order valence-corrected chi connectivity index (χ3v) is 2.49. The number of rotatable bonds is 1. The molecule has 1 aromatic rings. The maximum absolute atomic E-state index is 10.9. The Labute approximate surface area is 66.8 Å². The van der Waals surface area contributed by atoms with E-state index in [1.54, 1.807) is 6.26 Å². The van der Waals surface area contributed by atoms with Crippen molar-refractivity contribution >= 4 is 34.1 Å². The van der Waals surface area contributed by atoms with Gasteiger partial charge < -0.3 is 5.73 Å². The maximum Gasteiger partial charge on any atom is 0.232 e. The van der Waals surface area contributed by atoms with Crippen LogP contribution in [0.3, 0.4) is 0 Å². The Bertz CT molecular complexity index is 246. The lowest BCUT2D eigenvalue weighted by molar-refractivity contribution is 0.109. The molecular formula is C5H6N2OS2. The standard InChI is InChI=1S/C5H6N2OS2/c1-9-5(8)4-3(6)2-7-10-4/h2H,6H2,1H3. The lowest BCUT2D eigenvalue weighted by atomic mass is 10.4. The average Bonchev–Trinajstić information content (AvgIpc) is 2.34. The molecule has 0 aliphatic carbocycles. The zero-order chi connectivity index (χ0) is 7.56. The van der Waals surface area contributed by atoms with E-state index in [2.05, 4.69) is 4.37 Å². The summed E-state index contributed by atoms with van der Waals surface area (Å²) < 4.78 is 3.77. The normalized spacial score (nSPS) is 9.70. The van der Waals surface area contributed by atoms with Crippen LogP contribution in [0.25, 0.3) is 0 Å². The zero-order valence-electron chi connectivity index (χ0n) is 5.33. The van der Waals surface area contributed by atoms with Gasteiger partial charge in [-0.2, -0.15) is 4.37 Å². The van der Waals surface area contributed by atoms with Crippen LogP contribution >= 0.6 is 23.3 Å². The minimum atomic E-state index is -0.0139. The van der Waals surface area contributed by atoms with Crippen LogP contribution in [0.2, 0.25) is 0 Å². The van der Waals surface area contributed by atoms with Gasteiger partial charge in [-0.1, -0.05) is 11.8 Å². The molecule has 0 aliphatic heterocycles. The molecule has 0 spiro atoms. The van der Waals surface area contributed by atoms with E-state index in [4.69, 9.17) is 5.73 Å². The molecule has 1 rings (SSSR count). The zero-order valence-corrected chi connectivity index (χ0v) is 6.96. The van der Waals surface area contributed by atoms with E-state index in [-0.39, 0.29) is 5.12 Å². The average molecular weight is 174 g/mol. The highest BCUT2D eigenvalue weighted by Gasteiger charge is 2.09. The van der Waals surface area contributed by atoms with E-state index >= 15 is 0 Å². The van der Waals surface area contributed by atoms with Crippen LogP contribution in [0.15, 0.2) is 6.20 Å². The highest BCUT2D eigenvalue weighted by atomic mass is 32.2. The second-order valence-corrected chi connectivity index (χ2v) is 3.18. The van der Waals surface area contributed by atoms with E-state index in [1.807, 2.05) is 0 Å². The number of nitrogens with two attached hydrogens (primary N) is 1. The maximum atomic E-state index is 10.9. The number of aromatic nitrogens is 1. The fourth-order valence-corrected chi connectivity index (χ4v) is 1.66. The van der Waals surface area contributed by atoms with E-state index in [1.165, 1.54) is 6.20 Å². The minimum absolute atomic E-state index is 0.0139. The summed E-state index contributed by atoms with van der Waals surface area (Å²) in [5.74, 6) is 0. The van der Waals surface area contributed by atoms with Crippen LogP contribution in [-0.2, 0) is 0 Å². The number of hydrogen-bond acceptors (Lipinski definition) is 5. The molecule has 1 aromatic heterocycles. The lowest BCUT2D eigenvalue weighted by Crippen LogP contribution is -1.93. The fourth-order valence-electron chi connectivity index (χ4n) is 0.495. The van der Waals surface area contributed by atoms with Gasteiger partial charge in [-0.25, -0.2) is 0 Å². The summed E-state index contributed by atoms with van der Waals surface area (Å²) in [6.07, 6.45) is 3.22. The van der Waals surface area contributed by atoms with Gasteiger partial charge in [0.05, 0.1) is 11.9 Å². The smallest absolute Gasteiger partial charge is 0.232 e. The van der Waals surface area contributed by atoms with Crippen molar-refractivity contribution in [1.82, 2.24) is 4.37 Å². The van der Waals surface area contributed by atoms with Crippen molar-refractivity contribution in [2.24, 2.45) is 0 Å². The molecule has 0 aromatic carbocycles. The summed E-state index contributed by atoms with van der Waals surface area (Å²) in [6, 6.07) is 0. The highest BCUT2D eigenvalue weighted by Crippen LogP contribution is 2.20. The van der Waals surface area contributed by atoms with Crippen molar-refractivity contribution in [3.8, 4) is 0 Å². The topological polar surface area (TPSA) is 56.0 Å². The Balaban J connectivity index is 2.93. The van der Waals surface area contributed by atoms with Gasteiger partial charge in [0.25, 0.3) is 0 Å². The van der Waals surface area contributed by atoms with Crippen LogP contribution in [0, 0.1) is 0 Å². The monoisotopic (exact) mass is 174 g/mol. The molecule has 1 heterocycles. The molecule has 0 bridgehead atoms. The summed E-state index contributed by atoms with van der Waals surface area (Å²) in [5.41, 5.74) is 5.91. The van der Waals surface area contributed by atoms with Crippen molar-refractivity contribution in [2.45, 2.75) is 0 Å². The molecule has 2 N–H and O–H groups in total. The summed E-state index contributed by atoms with van der Waals surface area (Å²) in [4.78, 5) is 11.5. The van der Waals surface area contributed by atoms with Crippen molar-refractivity contribution < 1.29 is 4.79 Å². The number of carbonyl (C=O) groups excluding carboxylic acids is 1. The molecule has 5 heteroatoms. The van der Waals surface area contributed by atoms with Crippen LogP contribution in [0.5, 0.6) is 0 Å². The Hall–Kier alpha value is -0.550. The van der Waals surface area contributed by atoms with E-state index < -0.39 is 0 Å². The number of thioether (sulfide) groups is 1. The molecule has 0 fully saturated rings. The summed E-state index contributed by atoms with van der Waals surface area (Å²) in [5, 5.41) is -0.0139. The van der Waals surface area contributed by atoms with Gasteiger partial charge in [0.15, 0.2) is 0 Å². The van der Waals surface area contributed by atoms with E-state index in [0.717, 1.165) is 23.3 Å². The predicted octanol–water partition coefficient (Wildman–Crippen LogP) is 1.23. The van der Waals surface area contributed by atoms with E-state index in [9.17, 15) is 4.79 Å². The van der Waals surface area contributed by atoms with Crippen molar-refractivity contribution in [2.75, 3.05) is 12.0 Å². The van der Waals surface area contributed by atoms with Gasteiger partial charge in [-0.05, 0) is 17.8 Å². The molecule has 3 nitrogen and oxygen atoms in total. The molecule has 0 amide bonds. The van der Waals surface area contributed by atoms with Gasteiger partial charge in [0, 0.05) is 0 Å². The highest BCUT2D eigenvalue weighted by molar-refractivity contribution is 8.13. The molecule has 0 saturated carbocycles. The van der Waals surface area contributed by atoms with Crippen LogP contribution < -0.4 is 5.73 Å². The Morgan fingerprint density at radius 3 is 3.00 bits per heavy atom. The van der Waals surface area contributed by atoms with Crippen molar-refractivity contribution in [3.63, 3.8) is 0 Å². The number of carbonyl (C=O) groups is 1. The van der Waals surface area contributed by atoms with Gasteiger partial charge in [-0.3, -0.25) is 4.79 Å². The summed E-state index contributed by atoms with van der Waals surface area (Å²) in [7, 11) is 0. The summed E-state index contributed by atoms with van der Waals surface area (Å²) in [6.45, 7) is 0. The first-order valence-corrected chi connectivity index (χ1v) is 4.54. The molecule has 0 atom stereocenters. The molecule has 54 valence electrons. The lowest BCUT2D eigenvalue weighted by Gasteiger charge is -1.89. The first-order valence-electron chi connectivity index (χ1n) is 2.54. The Morgan fingerprint density at radius 2 is 2.60 bits per heavy atom. The van der Waals surface area contributed by atoms with Crippen molar-refractivity contribution in [3.05, 3.63) is 11.1 Å². The van der Waals surface area contributed by atoms with E-state index in [0.29, 0.717) is 10.6 Å². The Kier molecular flexibility index (Phi) is 2.29. The number of nitrogen functional groups attached to an aromatic ring is 1. The van der Waals surface area contributed by atoms with Crippen molar-refractivity contribution in [1.29, 1.82) is 0 Å². The number of hydrogen-bond donors (Lipinski definition) is 1. The second-order valence-electron chi connectivity index (χ2n) is 1.60. The predicted molar refractivity (Wildman–Crippen MR) is 44.4 cm³/mol.